The van der Waals surface area contributed by atoms with Gasteiger partial charge in [-0.05, 0) is 33.6 Å². The highest BCUT2D eigenvalue weighted by molar-refractivity contribution is 5.24. The fourth-order valence-corrected chi connectivity index (χ4v) is 1.37. The van der Waals surface area contributed by atoms with Crippen LogP contribution in [-0.2, 0) is 11.1 Å². The van der Waals surface area contributed by atoms with Gasteiger partial charge in [-0.3, -0.25) is 4.68 Å². The molecule has 1 aliphatic rings. The summed E-state index contributed by atoms with van der Waals surface area (Å²) in [6.07, 6.45) is 6.18. The standard InChI is InChI=1S/C10H17N3/c1-9(2,3)13-7-8(6-12-13)10(11)4-5-10/h6-7H,4-5,11H2,1-3H3. The number of nitrogens with zero attached hydrogens (tertiary/aromatic N) is 2. The minimum absolute atomic E-state index is 0.0521. The molecule has 3 nitrogen and oxygen atoms in total. The van der Waals surface area contributed by atoms with Gasteiger partial charge < -0.3 is 5.73 Å². The van der Waals surface area contributed by atoms with Gasteiger partial charge in [-0.2, -0.15) is 5.10 Å². The molecule has 2 rings (SSSR count). The lowest BCUT2D eigenvalue weighted by atomic mass is 10.1. The van der Waals surface area contributed by atoms with Crippen LogP contribution in [0.2, 0.25) is 0 Å². The minimum atomic E-state index is -0.0521. The van der Waals surface area contributed by atoms with Gasteiger partial charge in [0.25, 0.3) is 0 Å². The topological polar surface area (TPSA) is 43.8 Å². The number of hydrogen-bond acceptors (Lipinski definition) is 2. The van der Waals surface area contributed by atoms with Gasteiger partial charge in [-0.15, -0.1) is 0 Å². The van der Waals surface area contributed by atoms with Crippen LogP contribution < -0.4 is 5.73 Å². The van der Waals surface area contributed by atoms with E-state index in [0.29, 0.717) is 0 Å². The van der Waals surface area contributed by atoms with Gasteiger partial charge in [0.15, 0.2) is 0 Å². The van der Waals surface area contributed by atoms with Crippen LogP contribution in [0.3, 0.4) is 0 Å². The first-order chi connectivity index (χ1) is 5.92. The summed E-state index contributed by atoms with van der Waals surface area (Å²) in [6.45, 7) is 6.42. The molecule has 0 unspecified atom stereocenters. The fraction of sp³-hybridized carbons (Fsp3) is 0.700. The summed E-state index contributed by atoms with van der Waals surface area (Å²) in [6, 6.07) is 0. The Morgan fingerprint density at radius 3 is 2.46 bits per heavy atom. The molecule has 0 aliphatic heterocycles. The van der Waals surface area contributed by atoms with Crippen LogP contribution >= 0.6 is 0 Å². The van der Waals surface area contributed by atoms with Gasteiger partial charge in [-0.1, -0.05) is 0 Å². The normalized spacial score (nSPS) is 20.3. The molecule has 1 aromatic heterocycles. The van der Waals surface area contributed by atoms with Gasteiger partial charge in [0.2, 0.25) is 0 Å². The van der Waals surface area contributed by atoms with Crippen LogP contribution in [-0.4, -0.2) is 9.78 Å². The van der Waals surface area contributed by atoms with E-state index in [9.17, 15) is 0 Å². The highest BCUT2D eigenvalue weighted by atomic mass is 15.3. The molecule has 1 saturated carbocycles. The zero-order chi connectivity index (χ0) is 9.69. The molecule has 0 saturated heterocycles. The largest absolute Gasteiger partial charge is 0.321 e. The van der Waals surface area contributed by atoms with Gasteiger partial charge in [0.1, 0.15) is 0 Å². The van der Waals surface area contributed by atoms with Crippen molar-refractivity contribution < 1.29 is 0 Å². The molecule has 0 spiro atoms. The second kappa shape index (κ2) is 2.35. The van der Waals surface area contributed by atoms with E-state index in [1.54, 1.807) is 0 Å². The summed E-state index contributed by atoms with van der Waals surface area (Å²) in [7, 11) is 0. The fourth-order valence-electron chi connectivity index (χ4n) is 1.37. The van der Waals surface area contributed by atoms with E-state index in [1.165, 1.54) is 5.56 Å². The number of rotatable bonds is 1. The van der Waals surface area contributed by atoms with Crippen molar-refractivity contribution in [2.45, 2.75) is 44.7 Å². The average molecular weight is 179 g/mol. The molecular formula is C10H17N3. The van der Waals surface area contributed by atoms with Crippen molar-refractivity contribution in [2.24, 2.45) is 5.73 Å². The van der Waals surface area contributed by atoms with Crippen molar-refractivity contribution in [3.8, 4) is 0 Å². The number of aromatic nitrogens is 2. The zero-order valence-corrected chi connectivity index (χ0v) is 8.54. The molecule has 13 heavy (non-hydrogen) atoms. The molecule has 0 bridgehead atoms. The van der Waals surface area contributed by atoms with Crippen molar-refractivity contribution >= 4 is 0 Å². The molecule has 0 amide bonds. The lowest BCUT2D eigenvalue weighted by molar-refractivity contribution is 0.355. The van der Waals surface area contributed by atoms with Crippen LogP contribution in [0.15, 0.2) is 12.4 Å². The Labute approximate surface area is 78.9 Å². The molecule has 0 atom stereocenters. The first-order valence-corrected chi connectivity index (χ1v) is 4.76. The Hall–Kier alpha value is -0.830. The van der Waals surface area contributed by atoms with Crippen molar-refractivity contribution in [1.29, 1.82) is 0 Å². The zero-order valence-electron chi connectivity index (χ0n) is 8.54. The van der Waals surface area contributed by atoms with E-state index in [1.807, 2.05) is 10.9 Å². The average Bonchev–Trinajstić information content (AvgIpc) is 2.60. The number of nitrogens with two attached hydrogens (primary N) is 1. The maximum atomic E-state index is 6.07. The highest BCUT2D eigenvalue weighted by Gasteiger charge is 2.41. The molecule has 2 N–H and O–H groups in total. The molecule has 1 heterocycles. The van der Waals surface area contributed by atoms with E-state index in [0.717, 1.165) is 12.8 Å². The maximum absolute atomic E-state index is 6.07. The minimum Gasteiger partial charge on any atom is -0.321 e. The van der Waals surface area contributed by atoms with Crippen molar-refractivity contribution in [3.05, 3.63) is 18.0 Å². The molecular weight excluding hydrogens is 162 g/mol. The first kappa shape index (κ1) is 8.75. The highest BCUT2D eigenvalue weighted by Crippen LogP contribution is 2.42. The second-order valence-electron chi connectivity index (χ2n) is 5.00. The Bertz CT molecular complexity index is 295. The molecule has 1 aliphatic carbocycles. The van der Waals surface area contributed by atoms with Gasteiger partial charge in [0.05, 0.1) is 11.7 Å². The van der Waals surface area contributed by atoms with E-state index in [4.69, 9.17) is 5.73 Å². The van der Waals surface area contributed by atoms with E-state index in [-0.39, 0.29) is 11.1 Å². The summed E-state index contributed by atoms with van der Waals surface area (Å²) in [4.78, 5) is 0. The van der Waals surface area contributed by atoms with Crippen molar-refractivity contribution in [3.63, 3.8) is 0 Å². The molecule has 0 radical (unpaired) electrons. The van der Waals surface area contributed by atoms with Crippen LogP contribution in [0.5, 0.6) is 0 Å². The smallest absolute Gasteiger partial charge is 0.0543 e. The summed E-state index contributed by atoms with van der Waals surface area (Å²) >= 11 is 0. The Morgan fingerprint density at radius 2 is 2.08 bits per heavy atom. The first-order valence-electron chi connectivity index (χ1n) is 4.76. The molecule has 1 aromatic rings. The Morgan fingerprint density at radius 1 is 1.46 bits per heavy atom. The lowest BCUT2D eigenvalue weighted by Gasteiger charge is -2.18. The summed E-state index contributed by atoms with van der Waals surface area (Å²) < 4.78 is 1.98. The summed E-state index contributed by atoms with van der Waals surface area (Å²) in [5.41, 5.74) is 7.26. The second-order valence-corrected chi connectivity index (χ2v) is 5.00. The molecule has 72 valence electrons. The van der Waals surface area contributed by atoms with Crippen LogP contribution in [0.4, 0.5) is 0 Å². The third kappa shape index (κ3) is 1.48. The Kier molecular flexibility index (Phi) is 1.58. The van der Waals surface area contributed by atoms with Crippen molar-refractivity contribution in [1.82, 2.24) is 9.78 Å². The van der Waals surface area contributed by atoms with Gasteiger partial charge in [0, 0.05) is 17.3 Å². The summed E-state index contributed by atoms with van der Waals surface area (Å²) in [5.74, 6) is 0. The van der Waals surface area contributed by atoms with Gasteiger partial charge in [-0.25, -0.2) is 0 Å². The monoisotopic (exact) mass is 179 g/mol. The van der Waals surface area contributed by atoms with E-state index >= 15 is 0 Å². The third-order valence-electron chi connectivity index (χ3n) is 2.63. The lowest BCUT2D eigenvalue weighted by Crippen LogP contribution is -2.23. The number of hydrogen-bond donors (Lipinski definition) is 1. The third-order valence-corrected chi connectivity index (χ3v) is 2.63. The predicted octanol–water partition coefficient (Wildman–Crippen LogP) is 1.59. The molecule has 0 aromatic carbocycles. The van der Waals surface area contributed by atoms with E-state index in [2.05, 4.69) is 32.1 Å². The quantitative estimate of drug-likeness (QED) is 0.711. The van der Waals surface area contributed by atoms with Gasteiger partial charge >= 0.3 is 0 Å². The molecule has 1 fully saturated rings. The predicted molar refractivity (Wildman–Crippen MR) is 52.3 cm³/mol. The van der Waals surface area contributed by atoms with Crippen LogP contribution in [0.1, 0.15) is 39.2 Å². The maximum Gasteiger partial charge on any atom is 0.0543 e. The van der Waals surface area contributed by atoms with E-state index < -0.39 is 0 Å². The molecule has 3 heteroatoms. The van der Waals surface area contributed by atoms with Crippen LogP contribution in [0.25, 0.3) is 0 Å². The van der Waals surface area contributed by atoms with Crippen LogP contribution in [0, 0.1) is 0 Å². The van der Waals surface area contributed by atoms with Crippen molar-refractivity contribution in [2.75, 3.05) is 0 Å². The summed E-state index contributed by atoms with van der Waals surface area (Å²) in [5, 5.41) is 4.33. The SMILES string of the molecule is CC(C)(C)n1cc(C2(N)CC2)cn1. The Balaban J connectivity index is 2.29.